The third-order valence-electron chi connectivity index (χ3n) is 3.54. The average molecular weight is 323 g/mol. The summed E-state index contributed by atoms with van der Waals surface area (Å²) < 4.78 is 1.81. The molecule has 0 aliphatic carbocycles. The number of halogens is 2. The van der Waals surface area contributed by atoms with Crippen LogP contribution in [0.3, 0.4) is 0 Å². The Balaban J connectivity index is 2.45. The molecule has 0 saturated heterocycles. The predicted octanol–water partition coefficient (Wildman–Crippen LogP) is 4.24. The minimum atomic E-state index is -0.708. The minimum absolute atomic E-state index is 0.470. The van der Waals surface area contributed by atoms with E-state index in [0.717, 1.165) is 24.8 Å². The van der Waals surface area contributed by atoms with Crippen molar-refractivity contribution < 1.29 is 0 Å². The lowest BCUT2D eigenvalue weighted by Crippen LogP contribution is -2.30. The maximum absolute atomic E-state index is 9.85. The SMILES string of the molecule is CCCCC(C#N)(Cn1cnnc1)c1ccc(Cl)cc1Cl. The number of hydrogen-bond acceptors (Lipinski definition) is 3. The van der Waals surface area contributed by atoms with Crippen molar-refractivity contribution in [2.24, 2.45) is 0 Å². The number of benzene rings is 1. The average Bonchev–Trinajstić information content (AvgIpc) is 2.96. The van der Waals surface area contributed by atoms with Crippen molar-refractivity contribution in [2.75, 3.05) is 0 Å². The molecule has 0 fully saturated rings. The zero-order chi connectivity index (χ0) is 15.3. The van der Waals surface area contributed by atoms with Gasteiger partial charge in [0, 0.05) is 16.6 Å². The van der Waals surface area contributed by atoms with Crippen LogP contribution in [0.2, 0.25) is 10.0 Å². The van der Waals surface area contributed by atoms with Gasteiger partial charge in [-0.05, 0) is 24.1 Å². The molecule has 1 aromatic carbocycles. The van der Waals surface area contributed by atoms with E-state index in [9.17, 15) is 5.26 Å². The smallest absolute Gasteiger partial charge is 0.119 e. The number of rotatable bonds is 6. The molecule has 0 aliphatic rings. The largest absolute Gasteiger partial charge is 0.318 e. The first-order valence-electron chi connectivity index (χ1n) is 6.80. The van der Waals surface area contributed by atoms with Crippen LogP contribution >= 0.6 is 23.2 Å². The van der Waals surface area contributed by atoms with Gasteiger partial charge < -0.3 is 4.57 Å². The number of hydrogen-bond donors (Lipinski definition) is 0. The Hall–Kier alpha value is -1.57. The van der Waals surface area contributed by atoms with Gasteiger partial charge in [0.05, 0.1) is 6.07 Å². The molecule has 1 heterocycles. The minimum Gasteiger partial charge on any atom is -0.318 e. The molecule has 1 atom stereocenters. The van der Waals surface area contributed by atoms with E-state index in [1.807, 2.05) is 10.6 Å². The van der Waals surface area contributed by atoms with Crippen LogP contribution in [-0.4, -0.2) is 14.8 Å². The van der Waals surface area contributed by atoms with Gasteiger partial charge in [0.1, 0.15) is 18.1 Å². The van der Waals surface area contributed by atoms with Gasteiger partial charge in [0.2, 0.25) is 0 Å². The van der Waals surface area contributed by atoms with Crippen LogP contribution in [-0.2, 0) is 12.0 Å². The van der Waals surface area contributed by atoms with Gasteiger partial charge in [0.25, 0.3) is 0 Å². The van der Waals surface area contributed by atoms with Crippen molar-refractivity contribution in [3.63, 3.8) is 0 Å². The van der Waals surface area contributed by atoms with E-state index in [1.54, 1.807) is 24.8 Å². The zero-order valence-corrected chi connectivity index (χ0v) is 13.3. The summed E-state index contributed by atoms with van der Waals surface area (Å²) in [7, 11) is 0. The quantitative estimate of drug-likeness (QED) is 0.799. The van der Waals surface area contributed by atoms with Gasteiger partial charge >= 0.3 is 0 Å². The van der Waals surface area contributed by atoms with Gasteiger partial charge in [-0.25, -0.2) is 0 Å². The Morgan fingerprint density at radius 2 is 2.00 bits per heavy atom. The summed E-state index contributed by atoms with van der Waals surface area (Å²) in [6, 6.07) is 7.76. The highest BCUT2D eigenvalue weighted by molar-refractivity contribution is 6.35. The van der Waals surface area contributed by atoms with Crippen molar-refractivity contribution in [2.45, 2.75) is 38.1 Å². The second kappa shape index (κ2) is 6.93. The molecule has 0 spiro atoms. The van der Waals surface area contributed by atoms with Crippen molar-refractivity contribution in [3.8, 4) is 6.07 Å². The summed E-state index contributed by atoms with van der Waals surface area (Å²) in [6.07, 6.45) is 5.90. The van der Waals surface area contributed by atoms with Crippen molar-refractivity contribution >= 4 is 23.2 Å². The molecule has 0 saturated carbocycles. The summed E-state index contributed by atoms with van der Waals surface area (Å²) in [4.78, 5) is 0. The van der Waals surface area contributed by atoms with Crippen molar-refractivity contribution in [3.05, 3.63) is 46.5 Å². The Bertz CT molecular complexity index is 634. The lowest BCUT2D eigenvalue weighted by Gasteiger charge is -2.28. The fourth-order valence-electron chi connectivity index (χ4n) is 2.42. The molecule has 0 bridgehead atoms. The molecule has 6 heteroatoms. The third-order valence-corrected chi connectivity index (χ3v) is 4.08. The molecule has 110 valence electrons. The normalized spacial score (nSPS) is 13.6. The van der Waals surface area contributed by atoms with Gasteiger partial charge in [0.15, 0.2) is 0 Å². The fourth-order valence-corrected chi connectivity index (χ4v) is 3.01. The van der Waals surface area contributed by atoms with Gasteiger partial charge in [-0.1, -0.05) is 49.0 Å². The van der Waals surface area contributed by atoms with E-state index in [1.165, 1.54) is 0 Å². The molecule has 1 unspecified atom stereocenters. The highest BCUT2D eigenvalue weighted by Crippen LogP contribution is 2.37. The second-order valence-corrected chi connectivity index (χ2v) is 5.90. The molecule has 2 rings (SSSR count). The Morgan fingerprint density at radius 3 is 2.57 bits per heavy atom. The van der Waals surface area contributed by atoms with Crippen LogP contribution in [0.5, 0.6) is 0 Å². The van der Waals surface area contributed by atoms with E-state index < -0.39 is 5.41 Å². The van der Waals surface area contributed by atoms with E-state index >= 15 is 0 Å². The summed E-state index contributed by atoms with van der Waals surface area (Å²) >= 11 is 12.3. The lowest BCUT2D eigenvalue weighted by atomic mass is 9.77. The first-order chi connectivity index (χ1) is 10.1. The number of aromatic nitrogens is 3. The molecule has 4 nitrogen and oxygen atoms in total. The Morgan fingerprint density at radius 1 is 1.29 bits per heavy atom. The zero-order valence-electron chi connectivity index (χ0n) is 11.8. The molecule has 0 aliphatic heterocycles. The number of nitrogens with zero attached hydrogens (tertiary/aromatic N) is 4. The Kier molecular flexibility index (Phi) is 5.22. The standard InChI is InChI=1S/C15H16Cl2N4/c1-2-3-6-15(8-18,9-21-10-19-20-11-21)13-5-4-12(16)7-14(13)17/h4-5,7,10-11H,2-3,6,9H2,1H3. The molecule has 2 aromatic rings. The maximum Gasteiger partial charge on any atom is 0.119 e. The van der Waals surface area contributed by atoms with Crippen molar-refractivity contribution in [1.82, 2.24) is 14.8 Å². The lowest BCUT2D eigenvalue weighted by molar-refractivity contribution is 0.411. The van der Waals surface area contributed by atoms with Crippen LogP contribution in [0.15, 0.2) is 30.9 Å². The van der Waals surface area contributed by atoms with Crippen LogP contribution < -0.4 is 0 Å². The van der Waals surface area contributed by atoms with E-state index in [4.69, 9.17) is 23.2 Å². The summed E-state index contributed by atoms with van der Waals surface area (Å²) in [5.41, 5.74) is 0.0956. The van der Waals surface area contributed by atoms with Gasteiger partial charge in [-0.3, -0.25) is 0 Å². The molecule has 21 heavy (non-hydrogen) atoms. The summed E-state index contributed by atoms with van der Waals surface area (Å²) in [5.74, 6) is 0. The van der Waals surface area contributed by atoms with E-state index in [0.29, 0.717) is 16.6 Å². The second-order valence-electron chi connectivity index (χ2n) is 5.06. The molecule has 0 amide bonds. The predicted molar refractivity (Wildman–Crippen MR) is 83.3 cm³/mol. The summed E-state index contributed by atoms with van der Waals surface area (Å²) in [6.45, 7) is 2.57. The van der Waals surface area contributed by atoms with Crippen LogP contribution in [0.1, 0.15) is 31.7 Å². The van der Waals surface area contributed by atoms with Crippen LogP contribution in [0, 0.1) is 11.3 Å². The molecule has 0 N–H and O–H groups in total. The summed E-state index contributed by atoms with van der Waals surface area (Å²) in [5, 5.41) is 18.5. The molecular formula is C15H16Cl2N4. The Labute approximate surface area is 134 Å². The van der Waals surface area contributed by atoms with Crippen LogP contribution in [0.25, 0.3) is 0 Å². The topological polar surface area (TPSA) is 54.5 Å². The molecular weight excluding hydrogens is 307 g/mol. The van der Waals surface area contributed by atoms with E-state index in [-0.39, 0.29) is 0 Å². The van der Waals surface area contributed by atoms with Crippen LogP contribution in [0.4, 0.5) is 0 Å². The number of nitriles is 1. The highest BCUT2D eigenvalue weighted by atomic mass is 35.5. The van der Waals surface area contributed by atoms with E-state index in [2.05, 4.69) is 23.2 Å². The maximum atomic E-state index is 9.85. The first-order valence-corrected chi connectivity index (χ1v) is 7.56. The first kappa shape index (κ1) is 15.8. The third kappa shape index (κ3) is 3.55. The molecule has 0 radical (unpaired) electrons. The highest BCUT2D eigenvalue weighted by Gasteiger charge is 2.34. The van der Waals surface area contributed by atoms with Gasteiger partial charge in [-0.2, -0.15) is 5.26 Å². The van der Waals surface area contributed by atoms with Gasteiger partial charge in [-0.15, -0.1) is 10.2 Å². The fraction of sp³-hybridized carbons (Fsp3) is 0.400. The monoisotopic (exact) mass is 322 g/mol. The van der Waals surface area contributed by atoms with Crippen molar-refractivity contribution in [1.29, 1.82) is 5.26 Å². The molecule has 1 aromatic heterocycles. The number of unbranched alkanes of at least 4 members (excludes halogenated alkanes) is 1.